The van der Waals surface area contributed by atoms with E-state index >= 15 is 0 Å². The monoisotopic (exact) mass is 231 g/mol. The van der Waals surface area contributed by atoms with E-state index in [0.29, 0.717) is 5.88 Å². The van der Waals surface area contributed by atoms with Crippen LogP contribution < -0.4 is 10.5 Å². The quantitative estimate of drug-likeness (QED) is 0.875. The Morgan fingerprint density at radius 1 is 1.41 bits per heavy atom. The zero-order valence-corrected chi connectivity index (χ0v) is 10.1. The number of pyridine rings is 1. The Labute approximate surface area is 101 Å². The van der Waals surface area contributed by atoms with Crippen LogP contribution in [-0.4, -0.2) is 16.7 Å². The van der Waals surface area contributed by atoms with Crippen LogP contribution in [0.4, 0.5) is 0 Å². The maximum absolute atomic E-state index is 5.82. The number of hydrogen-bond acceptors (Lipinski definition) is 3. The number of hydrogen-bond donors (Lipinski definition) is 1. The molecule has 0 aliphatic heterocycles. The number of methoxy groups -OCH3 is 1. The van der Waals surface area contributed by atoms with E-state index in [0.717, 1.165) is 17.8 Å². The Hall–Kier alpha value is -1.81. The molecule has 0 aliphatic carbocycles. The molecule has 17 heavy (non-hydrogen) atoms. The largest absolute Gasteiger partial charge is 0.481 e. The lowest BCUT2D eigenvalue weighted by Gasteiger charge is -2.05. The van der Waals surface area contributed by atoms with Gasteiger partial charge in [-0.1, -0.05) is 6.07 Å². The molecule has 0 fully saturated rings. The molecule has 2 aromatic heterocycles. The molecule has 1 atom stereocenters. The van der Waals surface area contributed by atoms with Crippen LogP contribution in [0.3, 0.4) is 0 Å². The second-order valence-electron chi connectivity index (χ2n) is 4.08. The highest BCUT2D eigenvalue weighted by atomic mass is 16.5. The number of nitrogens with zero attached hydrogens (tertiary/aromatic N) is 2. The van der Waals surface area contributed by atoms with Crippen molar-refractivity contribution in [2.75, 3.05) is 7.11 Å². The first-order valence-corrected chi connectivity index (χ1v) is 5.60. The number of rotatable bonds is 4. The van der Waals surface area contributed by atoms with Gasteiger partial charge in [0.15, 0.2) is 0 Å². The molecule has 2 heterocycles. The van der Waals surface area contributed by atoms with Gasteiger partial charge < -0.3 is 15.0 Å². The van der Waals surface area contributed by atoms with E-state index in [1.807, 2.05) is 43.6 Å². The first-order chi connectivity index (χ1) is 8.19. The maximum atomic E-state index is 5.82. The van der Waals surface area contributed by atoms with Crippen molar-refractivity contribution in [1.29, 1.82) is 0 Å². The highest BCUT2D eigenvalue weighted by Crippen LogP contribution is 2.12. The van der Waals surface area contributed by atoms with E-state index in [4.69, 9.17) is 10.5 Å². The van der Waals surface area contributed by atoms with Crippen LogP contribution in [0.1, 0.15) is 24.2 Å². The molecule has 0 saturated heterocycles. The third-order valence-electron chi connectivity index (χ3n) is 2.63. The lowest BCUT2D eigenvalue weighted by molar-refractivity contribution is 0.396. The summed E-state index contributed by atoms with van der Waals surface area (Å²) in [5.74, 6) is 0.641. The maximum Gasteiger partial charge on any atom is 0.213 e. The third kappa shape index (κ3) is 2.85. The third-order valence-corrected chi connectivity index (χ3v) is 2.63. The standard InChI is InChI=1S/C13H17N3O/c1-10(14)11-6-7-16(8-11)9-12-4-3-5-13(15-12)17-2/h3-8,10H,9,14H2,1-2H3. The number of aromatic nitrogens is 2. The second-order valence-corrected chi connectivity index (χ2v) is 4.08. The molecule has 2 N–H and O–H groups in total. The predicted molar refractivity (Wildman–Crippen MR) is 66.9 cm³/mol. The molecule has 0 bridgehead atoms. The normalized spacial score (nSPS) is 12.4. The van der Waals surface area contributed by atoms with Gasteiger partial charge >= 0.3 is 0 Å². The Morgan fingerprint density at radius 3 is 2.88 bits per heavy atom. The van der Waals surface area contributed by atoms with Gasteiger partial charge in [0.2, 0.25) is 5.88 Å². The predicted octanol–water partition coefficient (Wildman–Crippen LogP) is 1.96. The van der Waals surface area contributed by atoms with E-state index in [1.165, 1.54) is 0 Å². The van der Waals surface area contributed by atoms with Crippen molar-refractivity contribution in [2.45, 2.75) is 19.5 Å². The van der Waals surface area contributed by atoms with Crippen molar-refractivity contribution in [2.24, 2.45) is 5.73 Å². The average Bonchev–Trinajstić information content (AvgIpc) is 2.78. The molecule has 0 saturated carbocycles. The molecule has 90 valence electrons. The molecule has 0 radical (unpaired) electrons. The zero-order valence-electron chi connectivity index (χ0n) is 10.1. The molecule has 4 nitrogen and oxygen atoms in total. The van der Waals surface area contributed by atoms with Gasteiger partial charge in [0.1, 0.15) is 0 Å². The van der Waals surface area contributed by atoms with Crippen LogP contribution in [0.5, 0.6) is 5.88 Å². The summed E-state index contributed by atoms with van der Waals surface area (Å²) in [5, 5.41) is 0. The van der Waals surface area contributed by atoms with Gasteiger partial charge in [0.25, 0.3) is 0 Å². The van der Waals surface area contributed by atoms with Crippen LogP contribution in [0.15, 0.2) is 36.7 Å². The zero-order chi connectivity index (χ0) is 12.3. The topological polar surface area (TPSA) is 53.1 Å². The van der Waals surface area contributed by atoms with Crippen molar-refractivity contribution in [3.05, 3.63) is 47.9 Å². The molecular formula is C13H17N3O. The molecular weight excluding hydrogens is 214 g/mol. The van der Waals surface area contributed by atoms with Gasteiger partial charge in [-0.2, -0.15) is 0 Å². The molecule has 0 spiro atoms. The van der Waals surface area contributed by atoms with E-state index in [-0.39, 0.29) is 6.04 Å². The van der Waals surface area contributed by atoms with E-state index in [1.54, 1.807) is 7.11 Å². The van der Waals surface area contributed by atoms with E-state index < -0.39 is 0 Å². The first-order valence-electron chi connectivity index (χ1n) is 5.60. The summed E-state index contributed by atoms with van der Waals surface area (Å²) in [6, 6.07) is 7.86. The van der Waals surface area contributed by atoms with Crippen molar-refractivity contribution in [3.8, 4) is 5.88 Å². The fraction of sp³-hybridized carbons (Fsp3) is 0.308. The molecule has 0 aliphatic rings. The molecule has 0 aromatic carbocycles. The van der Waals surface area contributed by atoms with Crippen LogP contribution in [0.2, 0.25) is 0 Å². The van der Waals surface area contributed by atoms with Crippen LogP contribution >= 0.6 is 0 Å². The molecule has 0 amide bonds. The number of nitrogens with two attached hydrogens (primary N) is 1. The van der Waals surface area contributed by atoms with E-state index in [9.17, 15) is 0 Å². The van der Waals surface area contributed by atoms with Crippen molar-refractivity contribution in [3.63, 3.8) is 0 Å². The van der Waals surface area contributed by atoms with Gasteiger partial charge in [-0.05, 0) is 24.6 Å². The minimum absolute atomic E-state index is 0.0644. The Kier molecular flexibility index (Phi) is 3.44. The highest BCUT2D eigenvalue weighted by Gasteiger charge is 2.03. The Bertz CT molecular complexity index is 491. The van der Waals surface area contributed by atoms with Crippen molar-refractivity contribution < 1.29 is 4.74 Å². The Morgan fingerprint density at radius 2 is 2.24 bits per heavy atom. The smallest absolute Gasteiger partial charge is 0.213 e. The summed E-state index contributed by atoms with van der Waals surface area (Å²) in [4.78, 5) is 4.37. The number of ether oxygens (including phenoxy) is 1. The fourth-order valence-electron chi connectivity index (χ4n) is 1.67. The summed E-state index contributed by atoms with van der Waals surface area (Å²) in [6.07, 6.45) is 4.06. The molecule has 1 unspecified atom stereocenters. The SMILES string of the molecule is COc1cccc(Cn2ccc(C(C)N)c2)n1. The highest BCUT2D eigenvalue weighted by molar-refractivity contribution is 5.18. The summed E-state index contributed by atoms with van der Waals surface area (Å²) in [7, 11) is 1.62. The lowest BCUT2D eigenvalue weighted by atomic mass is 10.2. The summed E-state index contributed by atoms with van der Waals surface area (Å²) < 4.78 is 7.17. The lowest BCUT2D eigenvalue weighted by Crippen LogP contribution is -2.04. The Balaban J connectivity index is 2.13. The summed E-state index contributed by atoms with van der Waals surface area (Å²) in [5.41, 5.74) is 7.92. The van der Waals surface area contributed by atoms with Crippen molar-refractivity contribution in [1.82, 2.24) is 9.55 Å². The van der Waals surface area contributed by atoms with Gasteiger partial charge in [-0.3, -0.25) is 0 Å². The van der Waals surface area contributed by atoms with Crippen LogP contribution in [-0.2, 0) is 6.54 Å². The first kappa shape index (κ1) is 11.7. The fourth-order valence-corrected chi connectivity index (χ4v) is 1.67. The van der Waals surface area contributed by atoms with Gasteiger partial charge in [0.05, 0.1) is 19.3 Å². The van der Waals surface area contributed by atoms with Gasteiger partial charge in [0, 0.05) is 24.5 Å². The van der Waals surface area contributed by atoms with E-state index in [2.05, 4.69) is 9.55 Å². The van der Waals surface area contributed by atoms with Crippen LogP contribution in [0, 0.1) is 0 Å². The van der Waals surface area contributed by atoms with Gasteiger partial charge in [-0.15, -0.1) is 0 Å². The molecule has 2 aromatic rings. The minimum Gasteiger partial charge on any atom is -0.481 e. The van der Waals surface area contributed by atoms with Crippen LogP contribution in [0.25, 0.3) is 0 Å². The summed E-state index contributed by atoms with van der Waals surface area (Å²) in [6.45, 7) is 2.70. The summed E-state index contributed by atoms with van der Waals surface area (Å²) >= 11 is 0. The molecule has 2 rings (SSSR count). The second kappa shape index (κ2) is 5.01. The molecule has 4 heteroatoms. The van der Waals surface area contributed by atoms with Crippen molar-refractivity contribution >= 4 is 0 Å². The minimum atomic E-state index is 0.0644. The van der Waals surface area contributed by atoms with Gasteiger partial charge in [-0.25, -0.2) is 4.98 Å². The average molecular weight is 231 g/mol.